The normalized spacial score (nSPS) is 11.4. The Hall–Kier alpha value is -2.16. The van der Waals surface area contributed by atoms with E-state index in [1.807, 2.05) is 51.5 Å². The second kappa shape index (κ2) is 5.45. The molecule has 0 atom stereocenters. The molecule has 0 N–H and O–H groups in total. The number of benzene rings is 1. The van der Waals surface area contributed by atoms with E-state index in [2.05, 4.69) is 27.0 Å². The van der Waals surface area contributed by atoms with Crippen molar-refractivity contribution in [1.82, 2.24) is 4.98 Å². The fraction of sp³-hybridized carbons (Fsp3) is 0.200. The van der Waals surface area contributed by atoms with E-state index in [1.54, 1.807) is 6.20 Å². The number of pyridine rings is 1. The number of rotatable bonds is 3. The van der Waals surface area contributed by atoms with E-state index >= 15 is 0 Å². The molecular weight excluding hydrogens is 222 g/mol. The highest BCUT2D eigenvalue weighted by Gasteiger charge is 1.98. The van der Waals surface area contributed by atoms with Gasteiger partial charge >= 0.3 is 0 Å². The van der Waals surface area contributed by atoms with Crippen LogP contribution in [0.25, 0.3) is 0 Å². The molecule has 18 heavy (non-hydrogen) atoms. The Morgan fingerprint density at radius 1 is 1.11 bits per heavy atom. The molecule has 0 aliphatic heterocycles. The summed E-state index contributed by atoms with van der Waals surface area (Å²) in [4.78, 5) is 10.8. The maximum atomic E-state index is 4.59. The van der Waals surface area contributed by atoms with Gasteiger partial charge < -0.3 is 4.90 Å². The van der Waals surface area contributed by atoms with E-state index in [0.717, 1.165) is 17.0 Å². The SMILES string of the molecule is CC(=Nc1ccc(N(C)C)cc1)c1cccnc1. The predicted octanol–water partition coefficient (Wildman–Crippen LogP) is 3.29. The van der Waals surface area contributed by atoms with E-state index in [1.165, 1.54) is 5.69 Å². The van der Waals surface area contributed by atoms with Crippen LogP contribution in [0.3, 0.4) is 0 Å². The first kappa shape index (κ1) is 12.3. The Morgan fingerprint density at radius 3 is 2.39 bits per heavy atom. The molecule has 92 valence electrons. The smallest absolute Gasteiger partial charge is 0.0634 e. The van der Waals surface area contributed by atoms with E-state index in [0.29, 0.717) is 0 Å². The summed E-state index contributed by atoms with van der Waals surface area (Å²) < 4.78 is 0. The molecule has 3 heteroatoms. The van der Waals surface area contributed by atoms with Crippen molar-refractivity contribution < 1.29 is 0 Å². The van der Waals surface area contributed by atoms with Crippen molar-refractivity contribution in [3.63, 3.8) is 0 Å². The number of aromatic nitrogens is 1. The molecule has 0 aliphatic rings. The minimum Gasteiger partial charge on any atom is -0.378 e. The average molecular weight is 239 g/mol. The molecule has 0 bridgehead atoms. The lowest BCUT2D eigenvalue weighted by Crippen LogP contribution is -2.07. The molecule has 1 aromatic heterocycles. The number of nitrogens with zero attached hydrogens (tertiary/aromatic N) is 3. The van der Waals surface area contributed by atoms with Crippen molar-refractivity contribution in [2.45, 2.75) is 6.92 Å². The summed E-state index contributed by atoms with van der Waals surface area (Å²) in [5.74, 6) is 0. The van der Waals surface area contributed by atoms with Crippen molar-refractivity contribution in [2.24, 2.45) is 4.99 Å². The maximum Gasteiger partial charge on any atom is 0.0634 e. The fourth-order valence-electron chi connectivity index (χ4n) is 1.66. The molecule has 0 saturated carbocycles. The fourth-order valence-corrected chi connectivity index (χ4v) is 1.66. The highest BCUT2D eigenvalue weighted by molar-refractivity contribution is 5.99. The zero-order valence-electron chi connectivity index (χ0n) is 11.0. The first-order chi connectivity index (χ1) is 8.66. The summed E-state index contributed by atoms with van der Waals surface area (Å²) >= 11 is 0. The number of hydrogen-bond donors (Lipinski definition) is 0. The first-order valence-corrected chi connectivity index (χ1v) is 5.90. The van der Waals surface area contributed by atoms with E-state index in [4.69, 9.17) is 0 Å². The van der Waals surface area contributed by atoms with Crippen molar-refractivity contribution in [2.75, 3.05) is 19.0 Å². The van der Waals surface area contributed by atoms with Crippen LogP contribution in [0.2, 0.25) is 0 Å². The monoisotopic (exact) mass is 239 g/mol. The zero-order chi connectivity index (χ0) is 13.0. The molecule has 3 nitrogen and oxygen atoms in total. The molecule has 0 unspecified atom stereocenters. The molecule has 2 rings (SSSR count). The molecule has 1 heterocycles. The van der Waals surface area contributed by atoms with Crippen molar-refractivity contribution >= 4 is 17.1 Å². The van der Waals surface area contributed by atoms with Gasteiger partial charge in [0.15, 0.2) is 0 Å². The topological polar surface area (TPSA) is 28.5 Å². The van der Waals surface area contributed by atoms with Gasteiger partial charge in [-0.15, -0.1) is 0 Å². The van der Waals surface area contributed by atoms with E-state index < -0.39 is 0 Å². The standard InChI is InChI=1S/C15H17N3/c1-12(13-5-4-10-16-11-13)17-14-6-8-15(9-7-14)18(2)3/h4-11H,1-3H3. The van der Waals surface area contributed by atoms with E-state index in [9.17, 15) is 0 Å². The number of aliphatic imine (C=N–C) groups is 1. The molecule has 0 radical (unpaired) electrons. The third-order valence-corrected chi connectivity index (χ3v) is 2.74. The molecule has 0 spiro atoms. The van der Waals surface area contributed by atoms with Gasteiger partial charge in [-0.05, 0) is 37.3 Å². The second-order valence-corrected chi connectivity index (χ2v) is 4.35. The van der Waals surface area contributed by atoms with Crippen LogP contribution in [-0.2, 0) is 0 Å². The Balaban J connectivity index is 2.23. The summed E-state index contributed by atoms with van der Waals surface area (Å²) in [6.45, 7) is 2.00. The van der Waals surface area contributed by atoms with Gasteiger partial charge in [-0.3, -0.25) is 9.98 Å². The quantitative estimate of drug-likeness (QED) is 0.769. The average Bonchev–Trinajstić information content (AvgIpc) is 2.40. The van der Waals surface area contributed by atoms with Gasteiger partial charge in [-0.25, -0.2) is 0 Å². The van der Waals surface area contributed by atoms with Gasteiger partial charge in [0, 0.05) is 43.5 Å². The van der Waals surface area contributed by atoms with Gasteiger partial charge in [0.1, 0.15) is 0 Å². The van der Waals surface area contributed by atoms with Crippen LogP contribution in [0.4, 0.5) is 11.4 Å². The molecule has 0 saturated heterocycles. The minimum atomic E-state index is 0.960. The Bertz CT molecular complexity index is 527. The van der Waals surface area contributed by atoms with Crippen LogP contribution in [0.1, 0.15) is 12.5 Å². The number of anilines is 1. The summed E-state index contributed by atoms with van der Waals surface area (Å²) in [7, 11) is 4.05. The van der Waals surface area contributed by atoms with Crippen LogP contribution in [0.15, 0.2) is 53.8 Å². The van der Waals surface area contributed by atoms with Crippen molar-refractivity contribution in [3.05, 3.63) is 54.4 Å². The van der Waals surface area contributed by atoms with Crippen LogP contribution in [0, 0.1) is 0 Å². The maximum absolute atomic E-state index is 4.59. The highest BCUT2D eigenvalue weighted by Crippen LogP contribution is 2.19. The van der Waals surface area contributed by atoms with Gasteiger partial charge in [-0.1, -0.05) is 6.07 Å². The summed E-state index contributed by atoms with van der Waals surface area (Å²) in [6, 6.07) is 12.1. The molecule has 0 aliphatic carbocycles. The lowest BCUT2D eigenvalue weighted by atomic mass is 10.2. The van der Waals surface area contributed by atoms with Crippen molar-refractivity contribution in [3.8, 4) is 0 Å². The minimum absolute atomic E-state index is 0.960. The first-order valence-electron chi connectivity index (χ1n) is 5.90. The molecular formula is C15H17N3. The van der Waals surface area contributed by atoms with Crippen LogP contribution in [0.5, 0.6) is 0 Å². The van der Waals surface area contributed by atoms with Crippen molar-refractivity contribution in [1.29, 1.82) is 0 Å². The Morgan fingerprint density at radius 2 is 1.83 bits per heavy atom. The third kappa shape index (κ3) is 2.94. The van der Waals surface area contributed by atoms with Gasteiger partial charge in [0.05, 0.1) is 5.69 Å². The largest absolute Gasteiger partial charge is 0.378 e. The van der Waals surface area contributed by atoms with Gasteiger partial charge in [-0.2, -0.15) is 0 Å². The lowest BCUT2D eigenvalue weighted by Gasteiger charge is -2.11. The number of hydrogen-bond acceptors (Lipinski definition) is 3. The molecule has 1 aromatic carbocycles. The summed E-state index contributed by atoms with van der Waals surface area (Å²) in [5, 5.41) is 0. The molecule has 0 amide bonds. The zero-order valence-corrected chi connectivity index (χ0v) is 11.0. The van der Waals surface area contributed by atoms with Crippen LogP contribution in [-0.4, -0.2) is 24.8 Å². The highest BCUT2D eigenvalue weighted by atomic mass is 15.1. The van der Waals surface area contributed by atoms with E-state index in [-0.39, 0.29) is 0 Å². The Labute approximate surface area is 108 Å². The van der Waals surface area contributed by atoms with Gasteiger partial charge in [0.2, 0.25) is 0 Å². The van der Waals surface area contributed by atoms with Crippen LogP contribution >= 0.6 is 0 Å². The lowest BCUT2D eigenvalue weighted by molar-refractivity contribution is 1.13. The Kier molecular flexibility index (Phi) is 3.72. The van der Waals surface area contributed by atoms with Gasteiger partial charge in [0.25, 0.3) is 0 Å². The summed E-state index contributed by atoms with van der Waals surface area (Å²) in [5.41, 5.74) is 4.16. The molecule has 0 fully saturated rings. The second-order valence-electron chi connectivity index (χ2n) is 4.35. The predicted molar refractivity (Wildman–Crippen MR) is 76.9 cm³/mol. The molecule has 2 aromatic rings. The summed E-state index contributed by atoms with van der Waals surface area (Å²) in [6.07, 6.45) is 3.59. The third-order valence-electron chi connectivity index (χ3n) is 2.74. The van der Waals surface area contributed by atoms with Crippen LogP contribution < -0.4 is 4.90 Å².